The van der Waals surface area contributed by atoms with Crippen LogP contribution in [0.3, 0.4) is 0 Å². The number of hydrogen-bond acceptors (Lipinski definition) is 2. The summed E-state index contributed by atoms with van der Waals surface area (Å²) in [6, 6.07) is 5.12. The lowest BCUT2D eigenvalue weighted by molar-refractivity contribution is 0.545. The van der Waals surface area contributed by atoms with E-state index in [-0.39, 0.29) is 11.9 Å². The van der Waals surface area contributed by atoms with E-state index < -0.39 is 0 Å². The molecule has 2 rings (SSSR count). The molecule has 19 heavy (non-hydrogen) atoms. The predicted molar refractivity (Wildman–Crippen MR) is 79.0 cm³/mol. The summed E-state index contributed by atoms with van der Waals surface area (Å²) in [5.41, 5.74) is 8.02. The van der Waals surface area contributed by atoms with Crippen LogP contribution in [-0.4, -0.2) is 19.6 Å². The molecule has 0 aromatic heterocycles. The van der Waals surface area contributed by atoms with Crippen molar-refractivity contribution in [1.82, 2.24) is 0 Å². The van der Waals surface area contributed by atoms with Crippen molar-refractivity contribution in [3.8, 4) is 0 Å². The van der Waals surface area contributed by atoms with Gasteiger partial charge in [-0.25, -0.2) is 4.39 Å². The molecule has 0 radical (unpaired) electrons. The highest BCUT2D eigenvalue weighted by molar-refractivity contribution is 5.53. The molecule has 1 atom stereocenters. The summed E-state index contributed by atoms with van der Waals surface area (Å²) in [5.74, 6) is 0.617. The largest absolute Gasteiger partial charge is 0.374 e. The van der Waals surface area contributed by atoms with Crippen molar-refractivity contribution in [1.29, 1.82) is 0 Å². The zero-order valence-electron chi connectivity index (χ0n) is 12.0. The summed E-state index contributed by atoms with van der Waals surface area (Å²) in [4.78, 5) is 2.27. The van der Waals surface area contributed by atoms with Crippen molar-refractivity contribution in [2.75, 3.05) is 18.5 Å². The van der Waals surface area contributed by atoms with Gasteiger partial charge < -0.3 is 10.6 Å². The van der Waals surface area contributed by atoms with Crippen LogP contribution in [0, 0.1) is 11.7 Å². The molecule has 1 fully saturated rings. The van der Waals surface area contributed by atoms with Gasteiger partial charge in [0.15, 0.2) is 0 Å². The van der Waals surface area contributed by atoms with Gasteiger partial charge in [-0.3, -0.25) is 0 Å². The summed E-state index contributed by atoms with van der Waals surface area (Å²) in [6.45, 7) is 3.03. The van der Waals surface area contributed by atoms with E-state index in [9.17, 15) is 4.39 Å². The molecule has 3 heteroatoms. The van der Waals surface area contributed by atoms with Gasteiger partial charge in [-0.05, 0) is 55.9 Å². The zero-order chi connectivity index (χ0) is 13.8. The molecule has 1 aliphatic carbocycles. The van der Waals surface area contributed by atoms with E-state index in [4.69, 9.17) is 5.73 Å². The fourth-order valence-electron chi connectivity index (χ4n) is 3.12. The lowest BCUT2D eigenvalue weighted by Crippen LogP contribution is -2.26. The van der Waals surface area contributed by atoms with Gasteiger partial charge in [-0.15, -0.1) is 0 Å². The maximum atomic E-state index is 13.4. The summed E-state index contributed by atoms with van der Waals surface area (Å²) in [5, 5.41) is 0. The minimum Gasteiger partial charge on any atom is -0.374 e. The number of benzene rings is 1. The van der Waals surface area contributed by atoms with Gasteiger partial charge >= 0.3 is 0 Å². The van der Waals surface area contributed by atoms with Gasteiger partial charge in [0.1, 0.15) is 5.82 Å². The van der Waals surface area contributed by atoms with Gasteiger partial charge in [0.25, 0.3) is 0 Å². The number of anilines is 1. The molecule has 0 amide bonds. The van der Waals surface area contributed by atoms with E-state index in [1.165, 1.54) is 25.7 Å². The highest BCUT2D eigenvalue weighted by atomic mass is 19.1. The van der Waals surface area contributed by atoms with Crippen LogP contribution in [0.25, 0.3) is 0 Å². The third-order valence-electron chi connectivity index (χ3n) is 4.00. The smallest absolute Gasteiger partial charge is 0.123 e. The Bertz CT molecular complexity index is 411. The van der Waals surface area contributed by atoms with Crippen LogP contribution < -0.4 is 10.6 Å². The molecule has 1 saturated carbocycles. The van der Waals surface area contributed by atoms with Crippen molar-refractivity contribution in [3.63, 3.8) is 0 Å². The second-order valence-electron chi connectivity index (χ2n) is 5.99. The van der Waals surface area contributed by atoms with E-state index >= 15 is 0 Å². The van der Waals surface area contributed by atoms with E-state index in [1.807, 2.05) is 13.0 Å². The molecule has 0 bridgehead atoms. The standard InChI is InChI=1S/C16H25FN2/c1-12(18)9-14-10-15(17)7-8-16(14)19(2)11-13-5-3-4-6-13/h7-8,10,12-13H,3-6,9,11,18H2,1-2H3. The lowest BCUT2D eigenvalue weighted by atomic mass is 10.0. The van der Waals surface area contributed by atoms with Gasteiger partial charge in [0.2, 0.25) is 0 Å². The molecule has 0 spiro atoms. The third-order valence-corrected chi connectivity index (χ3v) is 4.00. The van der Waals surface area contributed by atoms with Crippen molar-refractivity contribution in [3.05, 3.63) is 29.6 Å². The number of nitrogens with zero attached hydrogens (tertiary/aromatic N) is 1. The first-order valence-corrected chi connectivity index (χ1v) is 7.31. The Morgan fingerprint density at radius 2 is 2.05 bits per heavy atom. The highest BCUT2D eigenvalue weighted by Crippen LogP contribution is 2.28. The molecule has 0 heterocycles. The Labute approximate surface area is 115 Å². The zero-order valence-corrected chi connectivity index (χ0v) is 12.0. The Kier molecular flexibility index (Phi) is 4.81. The average Bonchev–Trinajstić information content (AvgIpc) is 2.80. The summed E-state index contributed by atoms with van der Waals surface area (Å²) in [6.07, 6.45) is 6.09. The Hall–Kier alpha value is -1.09. The lowest BCUT2D eigenvalue weighted by Gasteiger charge is -2.26. The van der Waals surface area contributed by atoms with Crippen molar-refractivity contribution in [2.24, 2.45) is 11.7 Å². The van der Waals surface area contributed by atoms with E-state index in [0.717, 1.165) is 30.1 Å². The summed E-state index contributed by atoms with van der Waals surface area (Å²) in [7, 11) is 2.11. The second kappa shape index (κ2) is 6.38. The van der Waals surface area contributed by atoms with Crippen LogP contribution in [-0.2, 0) is 6.42 Å². The number of halogens is 1. The van der Waals surface area contributed by atoms with E-state index in [2.05, 4.69) is 11.9 Å². The minimum absolute atomic E-state index is 0.0560. The van der Waals surface area contributed by atoms with Crippen LogP contribution in [0.5, 0.6) is 0 Å². The van der Waals surface area contributed by atoms with E-state index in [0.29, 0.717) is 0 Å². The third kappa shape index (κ3) is 3.93. The number of nitrogens with two attached hydrogens (primary N) is 1. The number of hydrogen-bond donors (Lipinski definition) is 1. The van der Waals surface area contributed by atoms with Gasteiger partial charge in [-0.1, -0.05) is 12.8 Å². The van der Waals surface area contributed by atoms with Crippen LogP contribution in [0.4, 0.5) is 10.1 Å². The maximum absolute atomic E-state index is 13.4. The minimum atomic E-state index is -0.173. The predicted octanol–water partition coefficient (Wildman–Crippen LogP) is 3.34. The highest BCUT2D eigenvalue weighted by Gasteiger charge is 2.18. The monoisotopic (exact) mass is 264 g/mol. The molecule has 1 aromatic rings. The molecular weight excluding hydrogens is 239 g/mol. The first kappa shape index (κ1) is 14.3. The quantitative estimate of drug-likeness (QED) is 0.883. The fourth-order valence-corrected chi connectivity index (χ4v) is 3.12. The second-order valence-corrected chi connectivity index (χ2v) is 5.99. The molecule has 1 unspecified atom stereocenters. The molecular formula is C16H25FN2. The van der Waals surface area contributed by atoms with Crippen molar-refractivity contribution >= 4 is 5.69 Å². The SMILES string of the molecule is CC(N)Cc1cc(F)ccc1N(C)CC1CCCC1. The molecule has 1 aliphatic rings. The number of rotatable bonds is 5. The molecule has 106 valence electrons. The Morgan fingerprint density at radius 1 is 1.37 bits per heavy atom. The summed E-state index contributed by atoms with van der Waals surface area (Å²) >= 11 is 0. The molecule has 2 nitrogen and oxygen atoms in total. The van der Waals surface area contributed by atoms with Crippen molar-refractivity contribution < 1.29 is 4.39 Å². The normalized spacial score (nSPS) is 17.7. The van der Waals surface area contributed by atoms with Crippen LogP contribution in [0.15, 0.2) is 18.2 Å². The topological polar surface area (TPSA) is 29.3 Å². The summed E-state index contributed by atoms with van der Waals surface area (Å²) < 4.78 is 13.4. The Morgan fingerprint density at radius 3 is 2.68 bits per heavy atom. The van der Waals surface area contributed by atoms with Crippen molar-refractivity contribution in [2.45, 2.75) is 45.1 Å². The molecule has 0 aliphatic heterocycles. The van der Waals surface area contributed by atoms with Gasteiger partial charge in [-0.2, -0.15) is 0 Å². The van der Waals surface area contributed by atoms with Crippen LogP contribution in [0.2, 0.25) is 0 Å². The first-order chi connectivity index (χ1) is 9.06. The van der Waals surface area contributed by atoms with Gasteiger partial charge in [0.05, 0.1) is 0 Å². The van der Waals surface area contributed by atoms with Crippen LogP contribution >= 0.6 is 0 Å². The maximum Gasteiger partial charge on any atom is 0.123 e. The van der Waals surface area contributed by atoms with Crippen LogP contribution in [0.1, 0.15) is 38.2 Å². The van der Waals surface area contributed by atoms with Gasteiger partial charge in [0, 0.05) is 25.3 Å². The molecule has 2 N–H and O–H groups in total. The molecule has 1 aromatic carbocycles. The first-order valence-electron chi connectivity index (χ1n) is 7.31. The average molecular weight is 264 g/mol. The fraction of sp³-hybridized carbons (Fsp3) is 0.625. The molecule has 0 saturated heterocycles. The Balaban J connectivity index is 2.12. The van der Waals surface area contributed by atoms with E-state index in [1.54, 1.807) is 12.1 Å².